The molecule has 0 atom stereocenters. The molecule has 0 saturated heterocycles. The molecule has 0 radical (unpaired) electrons. The Hall–Kier alpha value is -2.58. The van der Waals surface area contributed by atoms with Crippen LogP contribution in [0.4, 0.5) is 5.82 Å². The van der Waals surface area contributed by atoms with Crippen LogP contribution in [0.1, 0.15) is 5.56 Å². The van der Waals surface area contributed by atoms with Crippen molar-refractivity contribution in [3.05, 3.63) is 52.0 Å². The number of nitrogens with two attached hydrogens (primary N) is 2. The highest BCUT2D eigenvalue weighted by molar-refractivity contribution is 6.36. The molecule has 0 saturated carbocycles. The standard InChI is InChI=1S/C17H12Cl2N4O3/c18-9-2-3-10(12(19)6-9)15-11(7-20)16(21)23-17(22-15)8-1-4-13-14(5-8)25-26-24-13/h1-6H,7,20H2,(H2,21,22,23). The fourth-order valence-corrected chi connectivity index (χ4v) is 3.11. The minimum Gasteiger partial charge on any atom is -0.383 e. The van der Waals surface area contributed by atoms with E-state index in [1.165, 1.54) is 0 Å². The molecule has 0 bridgehead atoms. The van der Waals surface area contributed by atoms with Gasteiger partial charge >= 0.3 is 0 Å². The highest BCUT2D eigenvalue weighted by atomic mass is 35.5. The Morgan fingerprint density at radius 1 is 0.962 bits per heavy atom. The van der Waals surface area contributed by atoms with Crippen LogP contribution in [0.25, 0.3) is 22.6 Å². The van der Waals surface area contributed by atoms with Crippen molar-refractivity contribution in [1.29, 1.82) is 0 Å². The topological polar surface area (TPSA) is 106 Å². The quantitative estimate of drug-likeness (QED) is 0.655. The minimum absolute atomic E-state index is 0.162. The number of halogens is 2. The number of aromatic nitrogens is 2. The lowest BCUT2D eigenvalue weighted by molar-refractivity contribution is -0.384. The first kappa shape index (κ1) is 16.9. The Morgan fingerprint density at radius 3 is 2.54 bits per heavy atom. The molecule has 0 spiro atoms. The van der Waals surface area contributed by atoms with Crippen molar-refractivity contribution in [2.24, 2.45) is 5.73 Å². The minimum atomic E-state index is 0.162. The number of rotatable bonds is 3. The lowest BCUT2D eigenvalue weighted by Gasteiger charge is -2.13. The first-order valence-corrected chi connectivity index (χ1v) is 8.30. The summed E-state index contributed by atoms with van der Waals surface area (Å²) in [6.45, 7) is 0.162. The summed E-state index contributed by atoms with van der Waals surface area (Å²) in [4.78, 5) is 18.7. The lowest BCUT2D eigenvalue weighted by atomic mass is 10.1. The van der Waals surface area contributed by atoms with Crippen molar-refractivity contribution >= 4 is 29.0 Å². The van der Waals surface area contributed by atoms with Gasteiger partial charge in [0.15, 0.2) is 5.82 Å². The Labute approximate surface area is 158 Å². The van der Waals surface area contributed by atoms with Gasteiger partial charge in [-0.1, -0.05) is 23.2 Å². The van der Waals surface area contributed by atoms with Crippen LogP contribution in [0, 0.1) is 0 Å². The molecule has 26 heavy (non-hydrogen) atoms. The largest absolute Gasteiger partial charge is 0.383 e. The van der Waals surface area contributed by atoms with E-state index in [0.717, 1.165) is 0 Å². The third-order valence-electron chi connectivity index (χ3n) is 3.88. The Bertz CT molecular complexity index is 1010. The maximum Gasteiger partial charge on any atom is 0.216 e. The summed E-state index contributed by atoms with van der Waals surface area (Å²) in [6.07, 6.45) is 0. The highest BCUT2D eigenvalue weighted by Gasteiger charge is 2.20. The summed E-state index contributed by atoms with van der Waals surface area (Å²) in [5.74, 6) is 1.53. The molecule has 4 rings (SSSR count). The zero-order valence-corrected chi connectivity index (χ0v) is 14.7. The van der Waals surface area contributed by atoms with Gasteiger partial charge in [0.25, 0.3) is 0 Å². The van der Waals surface area contributed by atoms with Crippen molar-refractivity contribution in [3.63, 3.8) is 0 Å². The van der Waals surface area contributed by atoms with Gasteiger partial charge in [-0.05, 0) is 36.4 Å². The monoisotopic (exact) mass is 390 g/mol. The Kier molecular flexibility index (Phi) is 4.29. The fourth-order valence-electron chi connectivity index (χ4n) is 2.61. The molecule has 0 amide bonds. The second-order valence-corrected chi connectivity index (χ2v) is 6.33. The van der Waals surface area contributed by atoms with Gasteiger partial charge in [0.1, 0.15) is 5.82 Å². The predicted molar refractivity (Wildman–Crippen MR) is 97.6 cm³/mol. The van der Waals surface area contributed by atoms with E-state index >= 15 is 0 Å². The number of fused-ring (bicyclic) bond motifs is 1. The smallest absolute Gasteiger partial charge is 0.216 e. The summed E-state index contributed by atoms with van der Waals surface area (Å²) >= 11 is 12.3. The zero-order valence-electron chi connectivity index (χ0n) is 13.2. The number of hydrogen-bond donors (Lipinski definition) is 2. The number of anilines is 1. The van der Waals surface area contributed by atoms with E-state index in [0.29, 0.717) is 49.8 Å². The molecule has 132 valence electrons. The zero-order chi connectivity index (χ0) is 18.3. The number of nitrogen functional groups attached to an aromatic ring is 1. The molecular formula is C17H12Cl2N4O3. The van der Waals surface area contributed by atoms with Crippen molar-refractivity contribution in [2.75, 3.05) is 5.73 Å². The summed E-state index contributed by atoms with van der Waals surface area (Å²) < 4.78 is 0. The molecule has 4 N–H and O–H groups in total. The lowest BCUT2D eigenvalue weighted by Crippen LogP contribution is -2.09. The summed E-state index contributed by atoms with van der Waals surface area (Å²) in [6, 6.07) is 10.3. The van der Waals surface area contributed by atoms with Crippen LogP contribution in [0.2, 0.25) is 10.0 Å². The van der Waals surface area contributed by atoms with E-state index in [2.05, 4.69) is 15.0 Å². The summed E-state index contributed by atoms with van der Waals surface area (Å²) in [5.41, 5.74) is 14.4. The first-order valence-electron chi connectivity index (χ1n) is 7.54. The maximum atomic E-state index is 6.34. The van der Waals surface area contributed by atoms with Crippen LogP contribution >= 0.6 is 23.2 Å². The van der Waals surface area contributed by atoms with Crippen LogP contribution in [-0.2, 0) is 11.6 Å². The highest BCUT2D eigenvalue weighted by Crippen LogP contribution is 2.38. The Morgan fingerprint density at radius 2 is 1.77 bits per heavy atom. The molecule has 1 aromatic heterocycles. The molecule has 1 aliphatic heterocycles. The molecule has 7 nitrogen and oxygen atoms in total. The van der Waals surface area contributed by atoms with Crippen LogP contribution in [-0.4, -0.2) is 9.97 Å². The average Bonchev–Trinajstić information content (AvgIpc) is 3.09. The molecule has 0 unspecified atom stereocenters. The van der Waals surface area contributed by atoms with Crippen LogP contribution in [0.15, 0.2) is 36.4 Å². The Balaban J connectivity index is 1.89. The first-order chi connectivity index (χ1) is 12.6. The van der Waals surface area contributed by atoms with Crippen molar-refractivity contribution in [3.8, 4) is 34.1 Å². The molecule has 1 aliphatic rings. The third kappa shape index (κ3) is 2.91. The van der Waals surface area contributed by atoms with E-state index in [1.54, 1.807) is 36.4 Å². The number of benzene rings is 2. The summed E-state index contributed by atoms with van der Waals surface area (Å²) in [7, 11) is 0. The SMILES string of the molecule is NCc1c(N)nc(-c2ccc3c(c2)OOO3)nc1-c1ccc(Cl)cc1Cl. The van der Waals surface area contributed by atoms with E-state index in [4.69, 9.17) is 44.4 Å². The van der Waals surface area contributed by atoms with Gasteiger partial charge in [0.2, 0.25) is 11.5 Å². The molecule has 9 heteroatoms. The van der Waals surface area contributed by atoms with E-state index < -0.39 is 0 Å². The maximum absolute atomic E-state index is 6.34. The number of nitrogens with zero attached hydrogens (tertiary/aromatic N) is 2. The van der Waals surface area contributed by atoms with Crippen LogP contribution in [0.3, 0.4) is 0 Å². The van der Waals surface area contributed by atoms with E-state index in [9.17, 15) is 0 Å². The molecule has 2 heterocycles. The van der Waals surface area contributed by atoms with Gasteiger partial charge in [-0.3, -0.25) is 9.78 Å². The van der Waals surface area contributed by atoms with Crippen LogP contribution in [0.5, 0.6) is 11.5 Å². The fraction of sp³-hybridized carbons (Fsp3) is 0.0588. The molecule has 2 aromatic carbocycles. The van der Waals surface area contributed by atoms with Gasteiger partial charge in [0, 0.05) is 33.3 Å². The van der Waals surface area contributed by atoms with Gasteiger partial charge in [0.05, 0.1) is 10.7 Å². The molecule has 0 aliphatic carbocycles. The van der Waals surface area contributed by atoms with Gasteiger partial charge in [-0.2, -0.15) is 0 Å². The average molecular weight is 391 g/mol. The van der Waals surface area contributed by atoms with Gasteiger partial charge < -0.3 is 11.5 Å². The van der Waals surface area contributed by atoms with Crippen molar-refractivity contribution < 1.29 is 14.8 Å². The number of hydrogen-bond acceptors (Lipinski definition) is 7. The second kappa shape index (κ2) is 6.62. The van der Waals surface area contributed by atoms with Crippen molar-refractivity contribution in [1.82, 2.24) is 9.97 Å². The normalized spacial score (nSPS) is 12.4. The third-order valence-corrected chi connectivity index (χ3v) is 4.43. The van der Waals surface area contributed by atoms with Gasteiger partial charge in [-0.15, -0.1) is 0 Å². The molecule has 3 aromatic rings. The predicted octanol–water partition coefficient (Wildman–Crippen LogP) is 3.78. The second-order valence-electron chi connectivity index (χ2n) is 5.48. The van der Waals surface area contributed by atoms with Crippen molar-refractivity contribution in [2.45, 2.75) is 6.54 Å². The van der Waals surface area contributed by atoms with Gasteiger partial charge in [-0.25, -0.2) is 9.97 Å². The molecular weight excluding hydrogens is 379 g/mol. The van der Waals surface area contributed by atoms with E-state index in [-0.39, 0.29) is 12.4 Å². The van der Waals surface area contributed by atoms with E-state index in [1.807, 2.05) is 0 Å². The van der Waals surface area contributed by atoms with Crippen LogP contribution < -0.4 is 21.2 Å². The summed E-state index contributed by atoms with van der Waals surface area (Å²) in [5, 5.41) is 5.43. The molecule has 0 fully saturated rings.